The van der Waals surface area contributed by atoms with Crippen LogP contribution in [0.4, 0.5) is 0 Å². The molecule has 0 bridgehead atoms. The monoisotopic (exact) mass is 269 g/mol. The van der Waals surface area contributed by atoms with E-state index in [2.05, 4.69) is 5.32 Å². The molecule has 1 fully saturated rings. The Hall–Kier alpha value is -1.10. The van der Waals surface area contributed by atoms with Crippen LogP contribution in [0.3, 0.4) is 0 Å². The summed E-state index contributed by atoms with van der Waals surface area (Å²) in [4.78, 5) is 25.1. The molecule has 0 atom stereocenters. The minimum Gasteiger partial charge on any atom is -0.356 e. The van der Waals surface area contributed by atoms with Crippen molar-refractivity contribution in [1.29, 1.82) is 0 Å². The SMILES string of the molecule is CCC(N)(CC)C(=O)N1CCC(CNC(C)=O)CC1. The van der Waals surface area contributed by atoms with E-state index in [9.17, 15) is 9.59 Å². The van der Waals surface area contributed by atoms with Gasteiger partial charge in [-0.05, 0) is 31.6 Å². The molecule has 1 aliphatic rings. The molecule has 0 spiro atoms. The smallest absolute Gasteiger partial charge is 0.242 e. The van der Waals surface area contributed by atoms with Crippen LogP contribution in [-0.4, -0.2) is 41.9 Å². The van der Waals surface area contributed by atoms with Gasteiger partial charge in [0.25, 0.3) is 0 Å². The van der Waals surface area contributed by atoms with Crippen molar-refractivity contribution in [1.82, 2.24) is 10.2 Å². The molecule has 5 nitrogen and oxygen atoms in total. The fraction of sp³-hybridized carbons (Fsp3) is 0.857. The first-order valence-corrected chi connectivity index (χ1v) is 7.25. The second kappa shape index (κ2) is 6.89. The number of likely N-dealkylation sites (tertiary alicyclic amines) is 1. The molecule has 0 aromatic carbocycles. The lowest BCUT2D eigenvalue weighted by molar-refractivity contribution is -0.138. The largest absolute Gasteiger partial charge is 0.356 e. The van der Waals surface area contributed by atoms with Crippen molar-refractivity contribution in [3.8, 4) is 0 Å². The molecule has 1 saturated heterocycles. The summed E-state index contributed by atoms with van der Waals surface area (Å²) in [6.07, 6.45) is 3.23. The third-order valence-corrected chi connectivity index (χ3v) is 4.23. The van der Waals surface area contributed by atoms with Crippen LogP contribution >= 0.6 is 0 Å². The van der Waals surface area contributed by atoms with E-state index in [1.54, 1.807) is 0 Å². The molecule has 5 heteroatoms. The molecular weight excluding hydrogens is 242 g/mol. The molecule has 0 aromatic heterocycles. The zero-order chi connectivity index (χ0) is 14.5. The normalized spacial score (nSPS) is 17.4. The van der Waals surface area contributed by atoms with Crippen LogP contribution < -0.4 is 11.1 Å². The quantitative estimate of drug-likeness (QED) is 0.778. The molecule has 0 unspecified atom stereocenters. The van der Waals surface area contributed by atoms with E-state index in [-0.39, 0.29) is 11.8 Å². The highest BCUT2D eigenvalue weighted by Gasteiger charge is 2.35. The third kappa shape index (κ3) is 4.20. The molecule has 110 valence electrons. The molecule has 0 saturated carbocycles. The van der Waals surface area contributed by atoms with Gasteiger partial charge in [-0.2, -0.15) is 0 Å². The number of piperidine rings is 1. The predicted octanol–water partition coefficient (Wildman–Crippen LogP) is 0.879. The first kappa shape index (κ1) is 16.0. The number of carbonyl (C=O) groups is 2. The zero-order valence-corrected chi connectivity index (χ0v) is 12.4. The average molecular weight is 269 g/mol. The Bertz CT molecular complexity index is 319. The molecule has 1 aliphatic heterocycles. The Morgan fingerprint density at radius 2 is 1.79 bits per heavy atom. The maximum atomic E-state index is 12.4. The highest BCUT2D eigenvalue weighted by molar-refractivity contribution is 5.86. The van der Waals surface area contributed by atoms with Gasteiger partial charge in [-0.25, -0.2) is 0 Å². The second-order valence-corrected chi connectivity index (χ2v) is 5.54. The van der Waals surface area contributed by atoms with Gasteiger partial charge in [0.2, 0.25) is 11.8 Å². The van der Waals surface area contributed by atoms with Gasteiger partial charge in [-0.3, -0.25) is 9.59 Å². The van der Waals surface area contributed by atoms with E-state index in [1.807, 2.05) is 18.7 Å². The minimum atomic E-state index is -0.704. The fourth-order valence-electron chi connectivity index (χ4n) is 2.50. The standard InChI is InChI=1S/C14H27N3O2/c1-4-14(15,5-2)13(19)17-8-6-12(7-9-17)10-16-11(3)18/h12H,4-10,15H2,1-3H3,(H,16,18). The van der Waals surface area contributed by atoms with Crippen molar-refractivity contribution in [3.63, 3.8) is 0 Å². The van der Waals surface area contributed by atoms with E-state index in [4.69, 9.17) is 5.73 Å². The number of amides is 2. The van der Waals surface area contributed by atoms with Crippen molar-refractivity contribution in [2.75, 3.05) is 19.6 Å². The van der Waals surface area contributed by atoms with Crippen molar-refractivity contribution in [3.05, 3.63) is 0 Å². The number of hydrogen-bond acceptors (Lipinski definition) is 3. The van der Waals surface area contributed by atoms with Gasteiger partial charge in [0.15, 0.2) is 0 Å². The maximum Gasteiger partial charge on any atom is 0.242 e. The molecule has 0 aliphatic carbocycles. The highest BCUT2D eigenvalue weighted by atomic mass is 16.2. The Morgan fingerprint density at radius 1 is 1.26 bits per heavy atom. The first-order valence-electron chi connectivity index (χ1n) is 7.25. The van der Waals surface area contributed by atoms with Crippen molar-refractivity contribution in [2.24, 2.45) is 11.7 Å². The summed E-state index contributed by atoms with van der Waals surface area (Å²) < 4.78 is 0. The van der Waals surface area contributed by atoms with Gasteiger partial charge in [0.1, 0.15) is 0 Å². The maximum absolute atomic E-state index is 12.4. The second-order valence-electron chi connectivity index (χ2n) is 5.54. The number of nitrogens with two attached hydrogens (primary N) is 1. The molecular formula is C14H27N3O2. The number of nitrogens with zero attached hydrogens (tertiary/aromatic N) is 1. The molecule has 1 heterocycles. The summed E-state index contributed by atoms with van der Waals surface area (Å²) in [5.74, 6) is 0.565. The van der Waals surface area contributed by atoms with E-state index < -0.39 is 5.54 Å². The lowest BCUT2D eigenvalue weighted by Gasteiger charge is -2.37. The summed E-state index contributed by atoms with van der Waals surface area (Å²) in [5, 5.41) is 2.84. The van der Waals surface area contributed by atoms with Crippen LogP contribution in [-0.2, 0) is 9.59 Å². The van der Waals surface area contributed by atoms with Crippen molar-refractivity contribution in [2.45, 2.75) is 52.0 Å². The van der Waals surface area contributed by atoms with Crippen LogP contribution in [0.25, 0.3) is 0 Å². The predicted molar refractivity (Wildman–Crippen MR) is 75.5 cm³/mol. The molecule has 0 aromatic rings. The topological polar surface area (TPSA) is 75.4 Å². The highest BCUT2D eigenvalue weighted by Crippen LogP contribution is 2.21. The van der Waals surface area contributed by atoms with Gasteiger partial charge in [0.05, 0.1) is 5.54 Å². The lowest BCUT2D eigenvalue weighted by atomic mass is 9.90. The number of nitrogens with one attached hydrogen (secondary N) is 1. The Morgan fingerprint density at radius 3 is 2.21 bits per heavy atom. The number of hydrogen-bond donors (Lipinski definition) is 2. The number of rotatable bonds is 5. The first-order chi connectivity index (χ1) is 8.92. The minimum absolute atomic E-state index is 0.0106. The lowest BCUT2D eigenvalue weighted by Crippen LogP contribution is -2.56. The van der Waals surface area contributed by atoms with Crippen LogP contribution in [0.1, 0.15) is 46.5 Å². The average Bonchev–Trinajstić information content (AvgIpc) is 2.44. The van der Waals surface area contributed by atoms with E-state index in [1.165, 1.54) is 6.92 Å². The van der Waals surface area contributed by atoms with Crippen LogP contribution in [0.5, 0.6) is 0 Å². The Balaban J connectivity index is 2.45. The van der Waals surface area contributed by atoms with Gasteiger partial charge in [-0.1, -0.05) is 13.8 Å². The van der Waals surface area contributed by atoms with E-state index in [0.717, 1.165) is 25.9 Å². The summed E-state index contributed by atoms with van der Waals surface area (Å²) in [6.45, 7) is 7.68. The van der Waals surface area contributed by atoms with Gasteiger partial charge < -0.3 is 16.0 Å². The van der Waals surface area contributed by atoms with E-state index >= 15 is 0 Å². The van der Waals surface area contributed by atoms with Gasteiger partial charge in [0, 0.05) is 26.6 Å². The Kier molecular flexibility index (Phi) is 5.79. The van der Waals surface area contributed by atoms with Crippen LogP contribution in [0, 0.1) is 5.92 Å². The molecule has 2 amide bonds. The summed E-state index contributed by atoms with van der Waals surface area (Å²) in [6, 6.07) is 0. The fourth-order valence-corrected chi connectivity index (χ4v) is 2.50. The molecule has 3 N–H and O–H groups in total. The van der Waals surface area contributed by atoms with Crippen LogP contribution in [0.15, 0.2) is 0 Å². The van der Waals surface area contributed by atoms with Crippen molar-refractivity contribution >= 4 is 11.8 Å². The summed E-state index contributed by atoms with van der Waals surface area (Å²) >= 11 is 0. The molecule has 0 radical (unpaired) electrons. The van der Waals surface area contributed by atoms with Crippen LogP contribution in [0.2, 0.25) is 0 Å². The van der Waals surface area contributed by atoms with Crippen molar-refractivity contribution < 1.29 is 9.59 Å². The Labute approximate surface area is 115 Å². The summed E-state index contributed by atoms with van der Waals surface area (Å²) in [7, 11) is 0. The van der Waals surface area contributed by atoms with Gasteiger partial charge >= 0.3 is 0 Å². The van der Waals surface area contributed by atoms with Gasteiger partial charge in [-0.15, -0.1) is 0 Å². The molecule has 19 heavy (non-hydrogen) atoms. The van der Waals surface area contributed by atoms with E-state index in [0.29, 0.717) is 25.3 Å². The summed E-state index contributed by atoms with van der Waals surface area (Å²) in [5.41, 5.74) is 5.45. The third-order valence-electron chi connectivity index (χ3n) is 4.23. The number of carbonyl (C=O) groups excluding carboxylic acids is 2. The molecule has 1 rings (SSSR count). The zero-order valence-electron chi connectivity index (χ0n) is 12.4.